The number of hydrogen-bond donors (Lipinski definition) is 1. The van der Waals surface area contributed by atoms with Crippen molar-refractivity contribution >= 4 is 34.5 Å². The molecule has 8 fully saturated rings. The Labute approximate surface area is 296 Å². The van der Waals surface area contributed by atoms with Crippen LogP contribution in [0.15, 0.2) is 11.6 Å². The van der Waals surface area contributed by atoms with Crippen LogP contribution in [0.3, 0.4) is 0 Å². The fourth-order valence-corrected chi connectivity index (χ4v) is 15.0. The second-order valence-corrected chi connectivity index (χ2v) is 19.4. The lowest BCUT2D eigenvalue weighted by atomic mass is 9.46. The number of esters is 1. The first kappa shape index (κ1) is 34.4. The van der Waals surface area contributed by atoms with Gasteiger partial charge in [-0.05, 0) is 136 Å². The SMILES string of the molecule is CC12CCC(=O)C=C1C[C@@H](SC(=O)COCCOCCNC(=O)CC13CC4CC(CC(C4)C1)C3)C1C2CCC2(C)C1CC[C@@]21CCC(=O)O1. The highest BCUT2D eigenvalue weighted by molar-refractivity contribution is 8.14. The minimum atomic E-state index is -0.362. The van der Waals surface area contributed by atoms with E-state index in [1.54, 1.807) is 0 Å². The van der Waals surface area contributed by atoms with Crippen molar-refractivity contribution in [3.8, 4) is 0 Å². The van der Waals surface area contributed by atoms with Crippen LogP contribution in [-0.2, 0) is 33.4 Å². The summed E-state index contributed by atoms with van der Waals surface area (Å²) in [7, 11) is 0. The summed E-state index contributed by atoms with van der Waals surface area (Å²) in [6, 6.07) is 0. The highest BCUT2D eigenvalue weighted by atomic mass is 32.2. The van der Waals surface area contributed by atoms with E-state index in [1.807, 2.05) is 6.08 Å². The van der Waals surface area contributed by atoms with Gasteiger partial charge in [-0.15, -0.1) is 0 Å². The van der Waals surface area contributed by atoms with Gasteiger partial charge in [0, 0.05) is 36.5 Å². The highest BCUT2D eigenvalue weighted by Crippen LogP contribution is 2.71. The number of thioether (sulfide) groups is 1. The maximum Gasteiger partial charge on any atom is 0.306 e. The molecule has 270 valence electrons. The van der Waals surface area contributed by atoms with Crippen LogP contribution < -0.4 is 5.32 Å². The third-order valence-electron chi connectivity index (χ3n) is 15.4. The highest BCUT2D eigenvalue weighted by Gasteiger charge is 2.68. The van der Waals surface area contributed by atoms with E-state index in [4.69, 9.17) is 14.2 Å². The molecule has 8 aliphatic carbocycles. The Morgan fingerprint density at radius 3 is 2.33 bits per heavy atom. The van der Waals surface area contributed by atoms with Crippen molar-refractivity contribution in [3.05, 3.63) is 11.6 Å². The molecule has 0 aromatic carbocycles. The molecule has 9 heteroatoms. The van der Waals surface area contributed by atoms with Gasteiger partial charge in [-0.1, -0.05) is 31.2 Å². The molecule has 0 aromatic heterocycles. The van der Waals surface area contributed by atoms with E-state index in [1.165, 1.54) is 55.9 Å². The zero-order valence-electron chi connectivity index (χ0n) is 29.7. The van der Waals surface area contributed by atoms with Crippen molar-refractivity contribution in [2.45, 2.75) is 127 Å². The first-order valence-corrected chi connectivity index (χ1v) is 20.5. The van der Waals surface area contributed by atoms with Gasteiger partial charge in [0.25, 0.3) is 0 Å². The summed E-state index contributed by atoms with van der Waals surface area (Å²) >= 11 is 1.43. The first-order valence-electron chi connectivity index (χ1n) is 19.6. The van der Waals surface area contributed by atoms with Crippen LogP contribution in [-0.4, -0.2) is 66.6 Å². The van der Waals surface area contributed by atoms with Gasteiger partial charge in [0.2, 0.25) is 11.0 Å². The maximum absolute atomic E-state index is 13.4. The standard InChI is InChI=1S/C40H57NO7S/c1-37-7-3-29(42)18-28(37)19-32(36-30(37)4-8-38(2)31(36)5-9-40(38)10-6-34(44)48-40)49-35(45)24-47-14-13-46-12-11-41-33(43)23-39-20-25-15-26(21-39)17-27(16-25)22-39/h18,25-27,30-32,36H,3-17,19-24H2,1-2H3,(H,41,43)/t25?,26?,27?,30?,31?,32-,36?,37?,38?,39?,40-/m1/s1. The van der Waals surface area contributed by atoms with Gasteiger partial charge in [-0.25, -0.2) is 0 Å². The van der Waals surface area contributed by atoms with Crippen molar-refractivity contribution in [2.24, 2.45) is 51.8 Å². The molecule has 1 spiro atoms. The van der Waals surface area contributed by atoms with Crippen LogP contribution in [0.25, 0.3) is 0 Å². The van der Waals surface area contributed by atoms with E-state index < -0.39 is 0 Å². The summed E-state index contributed by atoms with van der Waals surface area (Å²) < 4.78 is 17.7. The predicted octanol–water partition coefficient (Wildman–Crippen LogP) is 6.59. The van der Waals surface area contributed by atoms with E-state index in [0.29, 0.717) is 63.4 Å². The average molecular weight is 696 g/mol. The largest absolute Gasteiger partial charge is 0.458 e. The van der Waals surface area contributed by atoms with Crippen LogP contribution in [0.1, 0.15) is 117 Å². The number of allylic oxidation sites excluding steroid dienone is 1. The molecule has 5 unspecified atom stereocenters. The molecule has 9 aliphatic rings. The molecule has 0 aromatic rings. The number of ketones is 1. The summed E-state index contributed by atoms with van der Waals surface area (Å²) in [6.07, 6.45) is 18.1. The number of amides is 1. The van der Waals surface area contributed by atoms with Crippen LogP contribution >= 0.6 is 11.8 Å². The first-order chi connectivity index (χ1) is 23.5. The molecule has 8 nitrogen and oxygen atoms in total. The fraction of sp³-hybridized carbons (Fsp3) is 0.850. The lowest BCUT2D eigenvalue weighted by Crippen LogP contribution is -2.57. The number of rotatable bonds is 11. The van der Waals surface area contributed by atoms with Crippen LogP contribution in [0, 0.1) is 51.8 Å². The molecule has 49 heavy (non-hydrogen) atoms. The maximum atomic E-state index is 13.4. The lowest BCUT2D eigenvalue weighted by Gasteiger charge is -2.61. The second-order valence-electron chi connectivity index (χ2n) is 18.1. The average Bonchev–Trinajstić information content (AvgIpc) is 3.57. The van der Waals surface area contributed by atoms with Gasteiger partial charge >= 0.3 is 5.97 Å². The van der Waals surface area contributed by atoms with Crippen molar-refractivity contribution in [1.29, 1.82) is 0 Å². The van der Waals surface area contributed by atoms with Gasteiger partial charge in [-0.3, -0.25) is 19.2 Å². The Kier molecular flexibility index (Phi) is 9.16. The van der Waals surface area contributed by atoms with Gasteiger partial charge in [0.15, 0.2) is 5.78 Å². The summed E-state index contributed by atoms with van der Waals surface area (Å²) in [5.41, 5.74) is 1.04. The van der Waals surface area contributed by atoms with E-state index in [9.17, 15) is 19.2 Å². The molecular weight excluding hydrogens is 639 g/mol. The van der Waals surface area contributed by atoms with Crippen molar-refractivity contribution in [1.82, 2.24) is 5.32 Å². The summed E-state index contributed by atoms with van der Waals surface area (Å²) in [5, 5.41) is 3.20. The number of ether oxygens (including phenoxy) is 3. The summed E-state index contributed by atoms with van der Waals surface area (Å²) in [4.78, 5) is 51.1. The Morgan fingerprint density at radius 2 is 1.61 bits per heavy atom. The molecule has 7 atom stereocenters. The molecular formula is C40H57NO7S. The van der Waals surface area contributed by atoms with Crippen molar-refractivity contribution in [3.63, 3.8) is 0 Å². The molecule has 1 N–H and O–H groups in total. The Hall–Kier alpha value is -1.71. The number of hydrogen-bond acceptors (Lipinski definition) is 8. The van der Waals surface area contributed by atoms with Gasteiger partial charge in [0.05, 0.1) is 19.8 Å². The third-order valence-corrected chi connectivity index (χ3v) is 16.6. The monoisotopic (exact) mass is 695 g/mol. The lowest BCUT2D eigenvalue weighted by molar-refractivity contribution is -0.167. The topological polar surface area (TPSA) is 108 Å². The molecule has 9 rings (SSSR count). The molecule has 1 saturated heterocycles. The minimum Gasteiger partial charge on any atom is -0.458 e. The van der Waals surface area contributed by atoms with Crippen molar-refractivity contribution < 1.29 is 33.4 Å². The Balaban J connectivity index is 0.807. The van der Waals surface area contributed by atoms with Crippen LogP contribution in [0.4, 0.5) is 0 Å². The zero-order chi connectivity index (χ0) is 34.0. The number of nitrogens with one attached hydrogen (secondary N) is 1. The minimum absolute atomic E-state index is 0.00967. The Morgan fingerprint density at radius 1 is 0.898 bits per heavy atom. The fourth-order valence-electron chi connectivity index (χ4n) is 13.7. The molecule has 7 saturated carbocycles. The van der Waals surface area contributed by atoms with Gasteiger partial charge in [-0.2, -0.15) is 0 Å². The zero-order valence-corrected chi connectivity index (χ0v) is 30.6. The molecule has 1 amide bonds. The number of carbonyl (C=O) groups excluding carboxylic acids is 4. The summed E-state index contributed by atoms with van der Waals surface area (Å²) in [5.74, 6) is 4.02. The molecule has 0 radical (unpaired) electrons. The quantitative estimate of drug-likeness (QED) is 0.191. The predicted molar refractivity (Wildman–Crippen MR) is 186 cm³/mol. The number of carbonyl (C=O) groups is 4. The van der Waals surface area contributed by atoms with E-state index in [-0.39, 0.29) is 56.5 Å². The third kappa shape index (κ3) is 6.17. The van der Waals surface area contributed by atoms with Crippen molar-refractivity contribution in [2.75, 3.05) is 33.0 Å². The number of fused-ring (bicyclic) bond motifs is 6. The molecule has 1 aliphatic heterocycles. The van der Waals surface area contributed by atoms with E-state index >= 15 is 0 Å². The normalized spacial score (nSPS) is 44.7. The van der Waals surface area contributed by atoms with Gasteiger partial charge in [0.1, 0.15) is 12.2 Å². The molecule has 1 heterocycles. The smallest absolute Gasteiger partial charge is 0.306 e. The Bertz CT molecular complexity index is 1360. The van der Waals surface area contributed by atoms with E-state index in [2.05, 4.69) is 19.2 Å². The van der Waals surface area contributed by atoms with Gasteiger partial charge < -0.3 is 19.5 Å². The summed E-state index contributed by atoms with van der Waals surface area (Å²) in [6.45, 7) is 6.41. The van der Waals surface area contributed by atoms with Crippen LogP contribution in [0.2, 0.25) is 0 Å². The van der Waals surface area contributed by atoms with E-state index in [0.717, 1.165) is 62.7 Å². The second kappa shape index (κ2) is 13.1. The molecule has 4 bridgehead atoms. The van der Waals surface area contributed by atoms with Crippen LogP contribution in [0.5, 0.6) is 0 Å².